The number of halogens is 6. The van der Waals surface area contributed by atoms with Gasteiger partial charge in [0.25, 0.3) is 5.91 Å². The molecule has 1 unspecified atom stereocenters. The second-order valence-corrected chi connectivity index (χ2v) is 6.94. The van der Waals surface area contributed by atoms with Crippen LogP contribution < -0.4 is 16.0 Å². The van der Waals surface area contributed by atoms with Crippen LogP contribution in [0.4, 0.5) is 32.2 Å². The van der Waals surface area contributed by atoms with E-state index in [2.05, 4.69) is 21.0 Å². The number of amides is 1. The fraction of sp³-hybridized carbons (Fsp3) is 0.444. The molecule has 0 spiro atoms. The van der Waals surface area contributed by atoms with Gasteiger partial charge < -0.3 is 10.6 Å². The number of carbonyl (C=O) groups excluding carboxylic acids is 1. The second-order valence-electron chi connectivity index (χ2n) is 6.94. The van der Waals surface area contributed by atoms with Gasteiger partial charge in [0.2, 0.25) is 0 Å². The van der Waals surface area contributed by atoms with E-state index in [1.165, 1.54) is 0 Å². The Hall–Kier alpha value is -2.76. The van der Waals surface area contributed by atoms with Crippen molar-refractivity contribution in [2.45, 2.75) is 50.4 Å². The first-order valence-corrected chi connectivity index (χ1v) is 9.16. The lowest BCUT2D eigenvalue weighted by molar-refractivity contribution is -0.141. The van der Waals surface area contributed by atoms with Crippen LogP contribution in [-0.4, -0.2) is 28.4 Å². The molecule has 30 heavy (non-hydrogen) atoms. The predicted molar refractivity (Wildman–Crippen MR) is 95.3 cm³/mol. The monoisotopic (exact) mass is 435 g/mol. The number of hydrogen-bond donors (Lipinski definition) is 4. The highest BCUT2D eigenvalue weighted by atomic mass is 19.4. The van der Waals surface area contributed by atoms with Gasteiger partial charge in [-0.2, -0.15) is 31.4 Å². The van der Waals surface area contributed by atoms with Crippen molar-refractivity contribution in [1.82, 2.24) is 20.8 Å². The number of aromatic nitrogens is 2. The summed E-state index contributed by atoms with van der Waals surface area (Å²) >= 11 is 0. The van der Waals surface area contributed by atoms with Crippen molar-refractivity contribution >= 4 is 11.7 Å². The lowest BCUT2D eigenvalue weighted by Gasteiger charge is -2.25. The van der Waals surface area contributed by atoms with E-state index in [9.17, 15) is 31.1 Å². The largest absolute Gasteiger partial charge is 0.432 e. The van der Waals surface area contributed by atoms with E-state index < -0.39 is 35.8 Å². The molecule has 164 valence electrons. The summed E-state index contributed by atoms with van der Waals surface area (Å²) in [6.07, 6.45) is -6.53. The molecular weight excluding hydrogens is 416 g/mol. The quantitative estimate of drug-likeness (QED) is 0.407. The first kappa shape index (κ1) is 21.9. The smallest absolute Gasteiger partial charge is 0.336 e. The normalized spacial score (nSPS) is 16.5. The van der Waals surface area contributed by atoms with E-state index in [0.717, 1.165) is 56.0 Å². The molecule has 3 rings (SSSR count). The molecule has 0 aliphatic heterocycles. The number of anilines is 1. The fourth-order valence-corrected chi connectivity index (χ4v) is 3.16. The van der Waals surface area contributed by atoms with Gasteiger partial charge in [-0.3, -0.25) is 15.2 Å². The standard InChI is InChI=1S/C18H19F6N5O/c19-17(20,21)11-7-5-10(6-8-11)15(30)27-16(25-12-3-1-2-4-12)26-14-9-13(28-29-14)18(22,23)24/h5-9,12,16,25H,1-4H2,(H,27,30)(H2,26,28,29). The van der Waals surface area contributed by atoms with E-state index >= 15 is 0 Å². The van der Waals surface area contributed by atoms with Crippen LogP contribution in [0.25, 0.3) is 0 Å². The lowest BCUT2D eigenvalue weighted by Crippen LogP contribution is -2.53. The Balaban J connectivity index is 1.71. The number of hydrogen-bond acceptors (Lipinski definition) is 4. The van der Waals surface area contributed by atoms with Gasteiger partial charge in [-0.05, 0) is 37.1 Å². The van der Waals surface area contributed by atoms with E-state index in [-0.39, 0.29) is 17.4 Å². The molecule has 4 N–H and O–H groups in total. The molecule has 1 aliphatic carbocycles. The van der Waals surface area contributed by atoms with Gasteiger partial charge >= 0.3 is 12.4 Å². The van der Waals surface area contributed by atoms with Gasteiger partial charge in [-0.25, -0.2) is 0 Å². The van der Waals surface area contributed by atoms with Crippen LogP contribution in [0, 0.1) is 0 Å². The van der Waals surface area contributed by atoms with Crippen LogP contribution in [0.15, 0.2) is 30.3 Å². The molecule has 1 aromatic carbocycles. The average Bonchev–Trinajstić information content (AvgIpc) is 3.32. The van der Waals surface area contributed by atoms with E-state index in [4.69, 9.17) is 0 Å². The first-order valence-electron chi connectivity index (χ1n) is 9.16. The van der Waals surface area contributed by atoms with Crippen LogP contribution >= 0.6 is 0 Å². The number of H-pyrrole nitrogens is 1. The van der Waals surface area contributed by atoms with Crippen LogP contribution in [0.5, 0.6) is 0 Å². The summed E-state index contributed by atoms with van der Waals surface area (Å²) in [5, 5.41) is 13.7. The summed E-state index contributed by atoms with van der Waals surface area (Å²) in [5.41, 5.74) is -1.98. The Morgan fingerprint density at radius 2 is 1.67 bits per heavy atom. The highest BCUT2D eigenvalue weighted by Crippen LogP contribution is 2.30. The molecule has 1 heterocycles. The third kappa shape index (κ3) is 5.65. The van der Waals surface area contributed by atoms with Crippen molar-refractivity contribution in [3.8, 4) is 0 Å². The third-order valence-corrected chi connectivity index (χ3v) is 4.68. The van der Waals surface area contributed by atoms with Gasteiger partial charge in [0, 0.05) is 17.7 Å². The number of nitrogens with one attached hydrogen (secondary N) is 4. The number of carbonyl (C=O) groups is 1. The molecular formula is C18H19F6N5O. The van der Waals surface area contributed by atoms with Crippen molar-refractivity contribution in [2.24, 2.45) is 0 Å². The highest BCUT2D eigenvalue weighted by molar-refractivity contribution is 5.94. The minimum atomic E-state index is -4.61. The van der Waals surface area contributed by atoms with Crippen molar-refractivity contribution in [3.05, 3.63) is 47.2 Å². The number of aromatic amines is 1. The predicted octanol–water partition coefficient (Wildman–Crippen LogP) is 4.11. The summed E-state index contributed by atoms with van der Waals surface area (Å²) in [4.78, 5) is 12.5. The number of benzene rings is 1. The zero-order valence-electron chi connectivity index (χ0n) is 15.5. The van der Waals surface area contributed by atoms with E-state index in [1.807, 2.05) is 5.10 Å². The summed E-state index contributed by atoms with van der Waals surface area (Å²) in [6.45, 7) is 0. The highest BCUT2D eigenvalue weighted by Gasteiger charge is 2.33. The third-order valence-electron chi connectivity index (χ3n) is 4.68. The van der Waals surface area contributed by atoms with Gasteiger partial charge in [0.15, 0.2) is 12.1 Å². The van der Waals surface area contributed by atoms with Crippen LogP contribution in [0.2, 0.25) is 0 Å². The molecule has 1 atom stereocenters. The number of nitrogens with zero attached hydrogens (tertiary/aromatic N) is 1. The Bertz CT molecular complexity index is 855. The van der Waals surface area contributed by atoms with Crippen molar-refractivity contribution < 1.29 is 31.1 Å². The average molecular weight is 435 g/mol. The van der Waals surface area contributed by atoms with Gasteiger partial charge in [-0.1, -0.05) is 12.8 Å². The number of rotatable bonds is 6. The second kappa shape index (κ2) is 8.54. The SMILES string of the molecule is O=C(NC(Nc1cc(C(F)(F)F)[nH]n1)NC1CCCC1)c1ccc(C(F)(F)F)cc1. The van der Waals surface area contributed by atoms with E-state index in [1.54, 1.807) is 0 Å². The van der Waals surface area contributed by atoms with Crippen LogP contribution in [-0.2, 0) is 12.4 Å². The van der Waals surface area contributed by atoms with Crippen molar-refractivity contribution in [3.63, 3.8) is 0 Å². The maximum atomic E-state index is 12.7. The van der Waals surface area contributed by atoms with Crippen molar-refractivity contribution in [1.29, 1.82) is 0 Å². The van der Waals surface area contributed by atoms with Crippen LogP contribution in [0.3, 0.4) is 0 Å². The van der Waals surface area contributed by atoms with E-state index in [0.29, 0.717) is 0 Å². The Morgan fingerprint density at radius 3 is 2.20 bits per heavy atom. The summed E-state index contributed by atoms with van der Waals surface area (Å²) in [6, 6.07) is 4.41. The molecule has 12 heteroatoms. The Labute approximate surface area is 167 Å². The minimum Gasteiger partial charge on any atom is -0.336 e. The fourth-order valence-electron chi connectivity index (χ4n) is 3.16. The van der Waals surface area contributed by atoms with Gasteiger partial charge in [0.1, 0.15) is 5.69 Å². The zero-order chi connectivity index (χ0) is 21.9. The summed E-state index contributed by atoms with van der Waals surface area (Å²) in [5.74, 6) is -0.844. The molecule has 2 aromatic rings. The molecule has 0 saturated heterocycles. The van der Waals surface area contributed by atoms with Gasteiger partial charge in [0.05, 0.1) is 5.56 Å². The molecule has 1 amide bonds. The summed E-state index contributed by atoms with van der Waals surface area (Å²) in [7, 11) is 0. The lowest BCUT2D eigenvalue weighted by atomic mass is 10.1. The topological polar surface area (TPSA) is 81.8 Å². The molecule has 1 aromatic heterocycles. The maximum Gasteiger partial charge on any atom is 0.432 e. The zero-order valence-corrected chi connectivity index (χ0v) is 15.5. The van der Waals surface area contributed by atoms with Gasteiger partial charge in [-0.15, -0.1) is 0 Å². The molecule has 1 fully saturated rings. The van der Waals surface area contributed by atoms with Crippen molar-refractivity contribution in [2.75, 3.05) is 5.32 Å². The van der Waals surface area contributed by atoms with Crippen LogP contribution in [0.1, 0.15) is 47.3 Å². The Morgan fingerprint density at radius 1 is 1.03 bits per heavy atom. The molecule has 0 radical (unpaired) electrons. The molecule has 1 saturated carbocycles. The minimum absolute atomic E-state index is 0.0245. The Kier molecular flexibility index (Phi) is 6.25. The first-order chi connectivity index (χ1) is 14.0. The summed E-state index contributed by atoms with van der Waals surface area (Å²) < 4.78 is 76.3. The number of alkyl halides is 6. The maximum absolute atomic E-state index is 12.7. The molecule has 6 nitrogen and oxygen atoms in total. The molecule has 1 aliphatic rings. The molecule has 0 bridgehead atoms.